The van der Waals surface area contributed by atoms with Gasteiger partial charge in [-0.25, -0.2) is 4.98 Å². The Kier molecular flexibility index (Phi) is 5.76. The van der Waals surface area contributed by atoms with Crippen LogP contribution >= 0.6 is 0 Å². The largest absolute Gasteiger partial charge is 0.361 e. The van der Waals surface area contributed by atoms with Crippen LogP contribution in [-0.2, 0) is 4.79 Å². The van der Waals surface area contributed by atoms with E-state index in [9.17, 15) is 4.79 Å². The van der Waals surface area contributed by atoms with Crippen LogP contribution in [0.15, 0.2) is 66.9 Å². The zero-order chi connectivity index (χ0) is 22.6. The second-order valence-electron chi connectivity index (χ2n) is 8.20. The van der Waals surface area contributed by atoms with Gasteiger partial charge in [0.1, 0.15) is 5.82 Å². The molecule has 1 fully saturated rings. The summed E-state index contributed by atoms with van der Waals surface area (Å²) in [6.07, 6.45) is 7.64. The number of hydrogen-bond donors (Lipinski definition) is 3. The number of hydrogen-bond acceptors (Lipinski definition) is 5. The van der Waals surface area contributed by atoms with Crippen LogP contribution in [0.4, 0.5) is 23.1 Å². The lowest BCUT2D eigenvalue weighted by Gasteiger charge is -2.17. The van der Waals surface area contributed by atoms with Gasteiger partial charge in [-0.1, -0.05) is 18.2 Å². The summed E-state index contributed by atoms with van der Waals surface area (Å²) in [7, 11) is 0. The summed E-state index contributed by atoms with van der Waals surface area (Å²) in [5, 5.41) is 7.33. The number of benzene rings is 2. The molecular formula is C26H26N6O. The fourth-order valence-corrected chi connectivity index (χ4v) is 4.04. The SMILES string of the molecule is Cc1cc(Nc2ccc(NC(=O)/C=C/c3c[nH]c4ccccc34)cc2)nc(N2CCCC2)n1. The highest BCUT2D eigenvalue weighted by atomic mass is 16.1. The van der Waals surface area contributed by atoms with Gasteiger partial charge in [0.15, 0.2) is 0 Å². The first kappa shape index (κ1) is 20.8. The number of aromatic amines is 1. The molecule has 5 rings (SSSR count). The summed E-state index contributed by atoms with van der Waals surface area (Å²) in [5.74, 6) is 1.37. The van der Waals surface area contributed by atoms with Crippen LogP contribution in [0.3, 0.4) is 0 Å². The van der Waals surface area contributed by atoms with E-state index in [4.69, 9.17) is 0 Å². The third-order valence-electron chi connectivity index (χ3n) is 5.69. The number of anilines is 4. The predicted molar refractivity (Wildman–Crippen MR) is 134 cm³/mol. The molecule has 1 amide bonds. The first-order valence-electron chi connectivity index (χ1n) is 11.2. The predicted octanol–water partition coefficient (Wildman–Crippen LogP) is 5.26. The van der Waals surface area contributed by atoms with Crippen molar-refractivity contribution >= 4 is 46.0 Å². The number of fused-ring (bicyclic) bond motifs is 1. The van der Waals surface area contributed by atoms with Gasteiger partial charge in [-0.05, 0) is 61.7 Å². The van der Waals surface area contributed by atoms with Crippen molar-refractivity contribution in [1.29, 1.82) is 0 Å². The highest BCUT2D eigenvalue weighted by Gasteiger charge is 2.16. The van der Waals surface area contributed by atoms with E-state index >= 15 is 0 Å². The van der Waals surface area contributed by atoms with Gasteiger partial charge in [0.05, 0.1) is 0 Å². The molecule has 7 nitrogen and oxygen atoms in total. The van der Waals surface area contributed by atoms with Gasteiger partial charge >= 0.3 is 0 Å². The minimum absolute atomic E-state index is 0.178. The first-order valence-corrected chi connectivity index (χ1v) is 11.2. The van der Waals surface area contributed by atoms with Crippen LogP contribution in [0, 0.1) is 6.92 Å². The van der Waals surface area contributed by atoms with E-state index in [1.54, 1.807) is 6.08 Å². The van der Waals surface area contributed by atoms with Gasteiger partial charge in [-0.15, -0.1) is 0 Å². The quantitative estimate of drug-likeness (QED) is 0.358. The molecule has 7 heteroatoms. The molecule has 0 saturated carbocycles. The van der Waals surface area contributed by atoms with E-state index in [0.717, 1.165) is 58.4 Å². The van der Waals surface area contributed by atoms with Crippen LogP contribution in [0.1, 0.15) is 24.1 Å². The molecule has 0 atom stereocenters. The standard InChI is InChI=1S/C26H26N6O/c1-18-16-24(31-26(28-18)32-14-4-5-15-32)29-20-9-11-21(12-10-20)30-25(33)13-8-19-17-27-23-7-3-2-6-22(19)23/h2-3,6-13,16-17,27H,4-5,14-15H2,1H3,(H,30,33)(H,28,29,31)/b13-8+. The monoisotopic (exact) mass is 438 g/mol. The van der Waals surface area contributed by atoms with E-state index in [-0.39, 0.29) is 5.91 Å². The average Bonchev–Trinajstić information content (AvgIpc) is 3.49. The summed E-state index contributed by atoms with van der Waals surface area (Å²) >= 11 is 0. The Morgan fingerprint density at radius 2 is 1.79 bits per heavy atom. The minimum Gasteiger partial charge on any atom is -0.361 e. The number of carbonyl (C=O) groups is 1. The molecule has 0 bridgehead atoms. The van der Waals surface area contributed by atoms with Gasteiger partial charge in [-0.2, -0.15) is 4.98 Å². The summed E-state index contributed by atoms with van der Waals surface area (Å²) in [4.78, 5) is 27.1. The van der Waals surface area contributed by atoms with Crippen LogP contribution in [0.25, 0.3) is 17.0 Å². The van der Waals surface area contributed by atoms with E-state index < -0.39 is 0 Å². The molecule has 2 aromatic heterocycles. The Bertz CT molecular complexity index is 1300. The molecule has 166 valence electrons. The van der Waals surface area contributed by atoms with Crippen molar-refractivity contribution in [3.8, 4) is 0 Å². The molecule has 1 aliphatic heterocycles. The molecule has 3 heterocycles. The zero-order valence-electron chi connectivity index (χ0n) is 18.5. The number of nitrogens with one attached hydrogen (secondary N) is 3. The summed E-state index contributed by atoms with van der Waals surface area (Å²) in [6, 6.07) is 17.5. The molecular weight excluding hydrogens is 412 g/mol. The topological polar surface area (TPSA) is 85.9 Å². The number of H-pyrrole nitrogens is 1. The lowest BCUT2D eigenvalue weighted by Crippen LogP contribution is -2.21. The van der Waals surface area contributed by atoms with Gasteiger partial charge in [0.25, 0.3) is 0 Å². The molecule has 2 aromatic carbocycles. The Balaban J connectivity index is 1.22. The van der Waals surface area contributed by atoms with Crippen LogP contribution in [0.2, 0.25) is 0 Å². The third kappa shape index (κ3) is 4.87. The number of aryl methyl sites for hydroxylation is 1. The zero-order valence-corrected chi connectivity index (χ0v) is 18.5. The molecule has 0 radical (unpaired) electrons. The number of aromatic nitrogens is 3. The van der Waals surface area contributed by atoms with E-state index in [2.05, 4.69) is 30.5 Å². The van der Waals surface area contributed by atoms with E-state index in [1.807, 2.05) is 73.8 Å². The lowest BCUT2D eigenvalue weighted by atomic mass is 10.1. The smallest absolute Gasteiger partial charge is 0.248 e. The van der Waals surface area contributed by atoms with Gasteiger partial charge in [-0.3, -0.25) is 4.79 Å². The average molecular weight is 439 g/mol. The van der Waals surface area contributed by atoms with Crippen molar-refractivity contribution in [2.24, 2.45) is 0 Å². The van der Waals surface area contributed by atoms with Crippen molar-refractivity contribution in [2.75, 3.05) is 28.6 Å². The van der Waals surface area contributed by atoms with Gasteiger partial charge in [0.2, 0.25) is 11.9 Å². The van der Waals surface area contributed by atoms with Gasteiger partial charge in [0, 0.05) is 59.4 Å². The number of para-hydroxylation sites is 1. The second kappa shape index (κ2) is 9.16. The van der Waals surface area contributed by atoms with E-state index in [0.29, 0.717) is 0 Å². The van der Waals surface area contributed by atoms with Crippen LogP contribution < -0.4 is 15.5 Å². The van der Waals surface area contributed by atoms with Crippen molar-refractivity contribution in [2.45, 2.75) is 19.8 Å². The number of carbonyl (C=O) groups excluding carboxylic acids is 1. The Morgan fingerprint density at radius 1 is 1.03 bits per heavy atom. The normalized spacial score (nSPS) is 13.7. The molecule has 3 N–H and O–H groups in total. The maximum absolute atomic E-state index is 12.4. The first-order chi connectivity index (χ1) is 16.1. The molecule has 33 heavy (non-hydrogen) atoms. The summed E-state index contributed by atoms with van der Waals surface area (Å²) in [6.45, 7) is 3.99. The highest BCUT2D eigenvalue weighted by Crippen LogP contribution is 2.23. The Labute approximate surface area is 192 Å². The Morgan fingerprint density at radius 3 is 2.61 bits per heavy atom. The molecule has 1 aliphatic rings. The summed E-state index contributed by atoms with van der Waals surface area (Å²) in [5.41, 5.74) is 4.58. The number of rotatable bonds is 6. The lowest BCUT2D eigenvalue weighted by molar-refractivity contribution is -0.111. The maximum Gasteiger partial charge on any atom is 0.248 e. The number of nitrogens with zero attached hydrogens (tertiary/aromatic N) is 3. The minimum atomic E-state index is -0.178. The van der Waals surface area contributed by atoms with Crippen molar-refractivity contribution < 1.29 is 4.79 Å². The molecule has 0 aliphatic carbocycles. The molecule has 0 unspecified atom stereocenters. The highest BCUT2D eigenvalue weighted by molar-refractivity contribution is 6.03. The van der Waals surface area contributed by atoms with Crippen LogP contribution in [0.5, 0.6) is 0 Å². The van der Waals surface area contributed by atoms with Crippen molar-refractivity contribution in [3.05, 3.63) is 78.1 Å². The Hall–Kier alpha value is -4.13. The molecule has 0 spiro atoms. The molecule has 4 aromatic rings. The van der Waals surface area contributed by atoms with Gasteiger partial charge < -0.3 is 20.5 Å². The molecule has 1 saturated heterocycles. The maximum atomic E-state index is 12.4. The van der Waals surface area contributed by atoms with Crippen LogP contribution in [-0.4, -0.2) is 33.9 Å². The third-order valence-corrected chi connectivity index (χ3v) is 5.69. The van der Waals surface area contributed by atoms with Crippen molar-refractivity contribution in [3.63, 3.8) is 0 Å². The second-order valence-corrected chi connectivity index (χ2v) is 8.20. The van der Waals surface area contributed by atoms with E-state index in [1.165, 1.54) is 12.8 Å². The van der Waals surface area contributed by atoms with Crippen molar-refractivity contribution in [1.82, 2.24) is 15.0 Å². The fourth-order valence-electron chi connectivity index (χ4n) is 4.04. The summed E-state index contributed by atoms with van der Waals surface area (Å²) < 4.78 is 0. The fraction of sp³-hybridized carbons (Fsp3) is 0.192. The number of amides is 1.